The fraction of sp³-hybridized carbons (Fsp3) is 0.455. The first-order valence-corrected chi connectivity index (χ1v) is 5.21. The minimum absolute atomic E-state index is 0.0173. The summed E-state index contributed by atoms with van der Waals surface area (Å²) in [6, 6.07) is 6.01. The van der Waals surface area contributed by atoms with Crippen molar-refractivity contribution in [1.29, 1.82) is 0 Å². The van der Waals surface area contributed by atoms with Gasteiger partial charge < -0.3 is 15.5 Å². The molecule has 4 heteroatoms. The van der Waals surface area contributed by atoms with Crippen LogP contribution in [-0.4, -0.2) is 25.2 Å². The Labute approximate surface area is 91.4 Å². The SMILES string of the molecule is CB(OCCN)c1ccc(C)cc1CO. The second kappa shape index (κ2) is 5.90. The summed E-state index contributed by atoms with van der Waals surface area (Å²) >= 11 is 0. The quantitative estimate of drug-likeness (QED) is 0.682. The fourth-order valence-corrected chi connectivity index (χ4v) is 1.60. The van der Waals surface area contributed by atoms with Gasteiger partial charge >= 0.3 is 6.92 Å². The maximum atomic E-state index is 9.24. The second-order valence-electron chi connectivity index (χ2n) is 3.66. The van der Waals surface area contributed by atoms with E-state index in [-0.39, 0.29) is 13.5 Å². The number of hydrogen-bond donors (Lipinski definition) is 2. The van der Waals surface area contributed by atoms with Crippen molar-refractivity contribution in [2.45, 2.75) is 20.4 Å². The molecule has 0 saturated carbocycles. The van der Waals surface area contributed by atoms with Gasteiger partial charge in [-0.3, -0.25) is 0 Å². The second-order valence-corrected chi connectivity index (χ2v) is 3.66. The number of benzene rings is 1. The zero-order valence-electron chi connectivity index (χ0n) is 9.36. The molecule has 0 unspecified atom stereocenters. The first kappa shape index (κ1) is 12.2. The molecule has 0 aliphatic heterocycles. The van der Waals surface area contributed by atoms with Crippen LogP contribution in [0.2, 0.25) is 6.82 Å². The van der Waals surface area contributed by atoms with Gasteiger partial charge in [0.25, 0.3) is 0 Å². The number of rotatable bonds is 5. The van der Waals surface area contributed by atoms with Crippen molar-refractivity contribution < 1.29 is 9.76 Å². The topological polar surface area (TPSA) is 55.5 Å². The molecule has 0 fully saturated rings. The van der Waals surface area contributed by atoms with Gasteiger partial charge in [0.2, 0.25) is 0 Å². The zero-order chi connectivity index (χ0) is 11.3. The lowest BCUT2D eigenvalue weighted by atomic mass is 9.62. The predicted molar refractivity (Wildman–Crippen MR) is 63.4 cm³/mol. The third-order valence-electron chi connectivity index (χ3n) is 2.39. The van der Waals surface area contributed by atoms with Crippen molar-refractivity contribution in [3.8, 4) is 0 Å². The molecule has 0 spiro atoms. The lowest BCUT2D eigenvalue weighted by Crippen LogP contribution is -2.34. The fourth-order valence-electron chi connectivity index (χ4n) is 1.60. The summed E-state index contributed by atoms with van der Waals surface area (Å²) in [5, 5.41) is 9.24. The van der Waals surface area contributed by atoms with E-state index >= 15 is 0 Å². The molecule has 0 bridgehead atoms. The van der Waals surface area contributed by atoms with Crippen molar-refractivity contribution in [3.63, 3.8) is 0 Å². The minimum Gasteiger partial charge on any atom is -0.430 e. The predicted octanol–water partition coefficient (Wildman–Crippen LogP) is 0.291. The van der Waals surface area contributed by atoms with E-state index < -0.39 is 0 Å². The molecule has 1 rings (SSSR count). The van der Waals surface area contributed by atoms with Gasteiger partial charge in [-0.2, -0.15) is 0 Å². The van der Waals surface area contributed by atoms with Gasteiger partial charge in [-0.25, -0.2) is 0 Å². The van der Waals surface area contributed by atoms with Gasteiger partial charge in [-0.05, 0) is 17.9 Å². The molecule has 3 N–H and O–H groups in total. The first-order chi connectivity index (χ1) is 7.19. The van der Waals surface area contributed by atoms with Crippen LogP contribution in [0.4, 0.5) is 0 Å². The van der Waals surface area contributed by atoms with E-state index in [2.05, 4.69) is 0 Å². The van der Waals surface area contributed by atoms with Crippen LogP contribution >= 0.6 is 0 Å². The van der Waals surface area contributed by atoms with Crippen LogP contribution in [-0.2, 0) is 11.3 Å². The van der Waals surface area contributed by atoms with Crippen LogP contribution in [0, 0.1) is 6.92 Å². The third kappa shape index (κ3) is 3.34. The van der Waals surface area contributed by atoms with E-state index in [9.17, 15) is 5.11 Å². The monoisotopic (exact) mass is 207 g/mol. The van der Waals surface area contributed by atoms with Crippen molar-refractivity contribution in [3.05, 3.63) is 29.3 Å². The van der Waals surface area contributed by atoms with Crippen LogP contribution in [0.3, 0.4) is 0 Å². The molecule has 0 aliphatic rings. The molecule has 0 atom stereocenters. The Morgan fingerprint density at radius 2 is 2.20 bits per heavy atom. The van der Waals surface area contributed by atoms with Crippen LogP contribution < -0.4 is 11.2 Å². The van der Waals surface area contributed by atoms with Crippen molar-refractivity contribution >= 4 is 12.4 Å². The highest BCUT2D eigenvalue weighted by Gasteiger charge is 2.15. The van der Waals surface area contributed by atoms with Crippen LogP contribution in [0.5, 0.6) is 0 Å². The normalized spacial score (nSPS) is 10.4. The molecule has 3 nitrogen and oxygen atoms in total. The summed E-state index contributed by atoms with van der Waals surface area (Å²) in [7, 11) is 0. The Hall–Kier alpha value is -0.835. The van der Waals surface area contributed by atoms with Gasteiger partial charge in [0.05, 0.1) is 6.61 Å². The molecule has 0 radical (unpaired) electrons. The number of aliphatic hydroxyl groups excluding tert-OH is 1. The van der Waals surface area contributed by atoms with Crippen LogP contribution in [0.1, 0.15) is 11.1 Å². The Balaban J connectivity index is 2.82. The number of aryl methyl sites for hydroxylation is 1. The Morgan fingerprint density at radius 1 is 1.47 bits per heavy atom. The maximum absolute atomic E-state index is 9.24. The molecule has 1 aromatic rings. The Bertz CT molecular complexity index is 317. The van der Waals surface area contributed by atoms with Crippen LogP contribution in [0.25, 0.3) is 0 Å². The van der Waals surface area contributed by atoms with E-state index in [4.69, 9.17) is 10.4 Å². The molecule has 0 aliphatic carbocycles. The minimum atomic E-state index is -0.0173. The van der Waals surface area contributed by atoms with E-state index in [1.165, 1.54) is 0 Å². The largest absolute Gasteiger partial charge is 0.430 e. The van der Waals surface area contributed by atoms with Gasteiger partial charge in [0.1, 0.15) is 0 Å². The van der Waals surface area contributed by atoms with Crippen molar-refractivity contribution in [2.24, 2.45) is 5.73 Å². The number of hydrogen-bond acceptors (Lipinski definition) is 3. The lowest BCUT2D eigenvalue weighted by molar-refractivity contribution is 0.282. The Kier molecular flexibility index (Phi) is 4.82. The summed E-state index contributed by atoms with van der Waals surface area (Å²) in [6.45, 7) is 5.07. The van der Waals surface area contributed by atoms with Gasteiger partial charge in [-0.15, -0.1) is 0 Å². The first-order valence-electron chi connectivity index (χ1n) is 5.21. The maximum Gasteiger partial charge on any atom is 0.323 e. The molecule has 0 amide bonds. The smallest absolute Gasteiger partial charge is 0.323 e. The molecule has 0 saturated heterocycles. The molecule has 0 heterocycles. The summed E-state index contributed by atoms with van der Waals surface area (Å²) < 4.78 is 5.52. The highest BCUT2D eigenvalue weighted by atomic mass is 16.4. The molecule has 0 aromatic heterocycles. The molecule has 1 aromatic carbocycles. The van der Waals surface area contributed by atoms with E-state index in [0.29, 0.717) is 13.2 Å². The van der Waals surface area contributed by atoms with Crippen molar-refractivity contribution in [2.75, 3.05) is 13.2 Å². The van der Waals surface area contributed by atoms with E-state index in [0.717, 1.165) is 16.6 Å². The molecular formula is C11H18BNO2. The summed E-state index contributed by atoms with van der Waals surface area (Å²) in [4.78, 5) is 0. The van der Waals surface area contributed by atoms with Crippen molar-refractivity contribution in [1.82, 2.24) is 0 Å². The summed E-state index contributed by atoms with van der Waals surface area (Å²) in [5.41, 5.74) is 8.49. The van der Waals surface area contributed by atoms with Gasteiger partial charge in [0, 0.05) is 13.2 Å². The third-order valence-corrected chi connectivity index (χ3v) is 2.39. The van der Waals surface area contributed by atoms with E-state index in [1.54, 1.807) is 0 Å². The van der Waals surface area contributed by atoms with Gasteiger partial charge in [-0.1, -0.05) is 30.6 Å². The number of aliphatic hydroxyl groups is 1. The number of nitrogens with two attached hydrogens (primary N) is 1. The lowest BCUT2D eigenvalue weighted by Gasteiger charge is -2.13. The highest BCUT2D eigenvalue weighted by molar-refractivity contribution is 6.66. The zero-order valence-corrected chi connectivity index (χ0v) is 9.36. The summed E-state index contributed by atoms with van der Waals surface area (Å²) in [5.74, 6) is 0. The highest BCUT2D eigenvalue weighted by Crippen LogP contribution is 2.04. The standard InChI is InChI=1S/C11H18BNO2/c1-9-3-4-11(10(7-9)8-14)12(2)15-6-5-13/h3-4,7,14H,5-6,8,13H2,1-2H3. The van der Waals surface area contributed by atoms with Crippen LogP contribution in [0.15, 0.2) is 18.2 Å². The molecular weight excluding hydrogens is 189 g/mol. The Morgan fingerprint density at radius 3 is 2.80 bits per heavy atom. The summed E-state index contributed by atoms with van der Waals surface area (Å²) in [6.07, 6.45) is 0. The van der Waals surface area contributed by atoms with E-state index in [1.807, 2.05) is 31.9 Å². The van der Waals surface area contributed by atoms with Gasteiger partial charge in [0.15, 0.2) is 0 Å². The molecule has 15 heavy (non-hydrogen) atoms. The average Bonchev–Trinajstić information content (AvgIpc) is 2.25. The molecule has 82 valence electrons. The average molecular weight is 207 g/mol.